The van der Waals surface area contributed by atoms with Gasteiger partial charge in [0.05, 0.1) is 24.3 Å². The number of nitrogens with one attached hydrogen (secondary N) is 1. The first kappa shape index (κ1) is 15.0. The van der Waals surface area contributed by atoms with Crippen molar-refractivity contribution >= 4 is 11.6 Å². The molecule has 0 aliphatic rings. The molecule has 1 amide bonds. The molecule has 0 radical (unpaired) electrons. The Bertz CT molecular complexity index is 766. The average molecular weight is 305 g/mol. The molecule has 0 fully saturated rings. The van der Waals surface area contributed by atoms with Gasteiger partial charge < -0.3 is 9.88 Å². The Balaban J connectivity index is 1.82. The molecule has 1 aromatic carbocycles. The quantitative estimate of drug-likeness (QED) is 0.779. The molecule has 1 N–H and O–H groups in total. The van der Waals surface area contributed by atoms with Crippen LogP contribution in [0.4, 0.5) is 5.69 Å². The molecule has 0 saturated heterocycles. The summed E-state index contributed by atoms with van der Waals surface area (Å²) in [5.74, 6) is -0.0278. The highest BCUT2D eigenvalue weighted by atomic mass is 16.1. The van der Waals surface area contributed by atoms with Gasteiger partial charge in [-0.25, -0.2) is 0 Å². The van der Waals surface area contributed by atoms with Gasteiger partial charge in [-0.3, -0.25) is 9.78 Å². The van der Waals surface area contributed by atoms with Crippen LogP contribution in [0.2, 0.25) is 0 Å². The number of aryl methyl sites for hydroxylation is 1. The van der Waals surface area contributed by atoms with Gasteiger partial charge in [0.2, 0.25) is 5.91 Å². The number of hydrogen-bond donors (Lipinski definition) is 1. The van der Waals surface area contributed by atoms with Gasteiger partial charge in [0.25, 0.3) is 0 Å². The minimum atomic E-state index is -0.0278. The smallest absolute Gasteiger partial charge is 0.226 e. The maximum absolute atomic E-state index is 12.5. The van der Waals surface area contributed by atoms with Crippen molar-refractivity contribution in [2.75, 3.05) is 5.32 Å². The lowest BCUT2D eigenvalue weighted by Gasteiger charge is -2.21. The Hall–Kier alpha value is -2.88. The van der Waals surface area contributed by atoms with Crippen LogP contribution in [0.5, 0.6) is 0 Å². The molecule has 4 nitrogen and oxygen atoms in total. The molecule has 23 heavy (non-hydrogen) atoms. The van der Waals surface area contributed by atoms with Crippen LogP contribution in [-0.4, -0.2) is 15.5 Å². The lowest BCUT2D eigenvalue weighted by molar-refractivity contribution is -0.116. The summed E-state index contributed by atoms with van der Waals surface area (Å²) in [5.41, 5.74) is 3.05. The Kier molecular flexibility index (Phi) is 4.52. The minimum Gasteiger partial charge on any atom is -0.346 e. The van der Waals surface area contributed by atoms with Crippen molar-refractivity contribution in [3.63, 3.8) is 0 Å². The summed E-state index contributed by atoms with van der Waals surface area (Å²) in [7, 11) is 0. The van der Waals surface area contributed by atoms with E-state index in [9.17, 15) is 4.79 Å². The second-order valence-corrected chi connectivity index (χ2v) is 5.50. The van der Waals surface area contributed by atoms with Gasteiger partial charge in [0.1, 0.15) is 0 Å². The van der Waals surface area contributed by atoms with E-state index in [0.717, 1.165) is 5.56 Å². The third kappa shape index (κ3) is 3.66. The summed E-state index contributed by atoms with van der Waals surface area (Å²) >= 11 is 0. The van der Waals surface area contributed by atoms with Gasteiger partial charge in [0, 0.05) is 18.6 Å². The highest BCUT2D eigenvalue weighted by molar-refractivity contribution is 5.91. The number of anilines is 1. The Morgan fingerprint density at radius 2 is 1.91 bits per heavy atom. The van der Waals surface area contributed by atoms with Crippen LogP contribution in [0, 0.1) is 6.92 Å². The van der Waals surface area contributed by atoms with Gasteiger partial charge in [0.15, 0.2) is 0 Å². The molecule has 0 aliphatic carbocycles. The maximum Gasteiger partial charge on any atom is 0.226 e. The zero-order valence-electron chi connectivity index (χ0n) is 13.0. The molecule has 3 aromatic rings. The summed E-state index contributed by atoms with van der Waals surface area (Å²) in [6, 6.07) is 15.8. The summed E-state index contributed by atoms with van der Waals surface area (Å²) in [6.45, 7) is 2.07. The first-order valence-corrected chi connectivity index (χ1v) is 7.62. The SMILES string of the molecule is Cc1ccccc1C(CC(=O)Nc1cccnc1)n1cccc1. The normalized spacial score (nSPS) is 11.9. The topological polar surface area (TPSA) is 46.9 Å². The molecular weight excluding hydrogens is 286 g/mol. The molecule has 4 heteroatoms. The van der Waals surface area contributed by atoms with Gasteiger partial charge in [-0.1, -0.05) is 24.3 Å². The first-order valence-electron chi connectivity index (χ1n) is 7.62. The van der Waals surface area contributed by atoms with Crippen LogP contribution < -0.4 is 5.32 Å². The largest absolute Gasteiger partial charge is 0.346 e. The van der Waals surface area contributed by atoms with Crippen LogP contribution in [-0.2, 0) is 4.79 Å². The highest BCUT2D eigenvalue weighted by Crippen LogP contribution is 2.25. The summed E-state index contributed by atoms with van der Waals surface area (Å²) < 4.78 is 2.07. The van der Waals surface area contributed by atoms with Crippen LogP contribution in [0.3, 0.4) is 0 Å². The van der Waals surface area contributed by atoms with E-state index in [-0.39, 0.29) is 11.9 Å². The Morgan fingerprint density at radius 1 is 1.13 bits per heavy atom. The highest BCUT2D eigenvalue weighted by Gasteiger charge is 2.19. The van der Waals surface area contributed by atoms with E-state index in [1.54, 1.807) is 18.5 Å². The molecule has 3 rings (SSSR count). The number of carbonyl (C=O) groups excluding carboxylic acids is 1. The third-order valence-corrected chi connectivity index (χ3v) is 3.86. The predicted octanol–water partition coefficient (Wildman–Crippen LogP) is 3.81. The van der Waals surface area contributed by atoms with Crippen molar-refractivity contribution in [3.8, 4) is 0 Å². The van der Waals surface area contributed by atoms with Crippen LogP contribution in [0.1, 0.15) is 23.6 Å². The second kappa shape index (κ2) is 6.92. The van der Waals surface area contributed by atoms with E-state index in [1.165, 1.54) is 5.56 Å². The standard InChI is InChI=1S/C19H19N3O/c1-15-7-2-3-9-17(15)18(22-11-4-5-12-22)13-19(23)21-16-8-6-10-20-14-16/h2-12,14,18H,13H2,1H3,(H,21,23). The van der Waals surface area contributed by atoms with E-state index in [4.69, 9.17) is 0 Å². The molecule has 0 spiro atoms. The van der Waals surface area contributed by atoms with Crippen molar-refractivity contribution < 1.29 is 4.79 Å². The number of carbonyl (C=O) groups is 1. The number of amides is 1. The molecular formula is C19H19N3O. The maximum atomic E-state index is 12.5. The molecule has 0 aliphatic heterocycles. The lowest BCUT2D eigenvalue weighted by Crippen LogP contribution is -2.20. The van der Waals surface area contributed by atoms with Gasteiger partial charge in [-0.05, 0) is 42.3 Å². The number of hydrogen-bond acceptors (Lipinski definition) is 2. The zero-order valence-corrected chi connectivity index (χ0v) is 13.0. The van der Waals surface area contributed by atoms with E-state index in [0.29, 0.717) is 12.1 Å². The molecule has 1 unspecified atom stereocenters. The fourth-order valence-electron chi connectivity index (χ4n) is 2.72. The molecule has 1 atom stereocenters. The van der Waals surface area contributed by atoms with Crippen molar-refractivity contribution in [1.29, 1.82) is 0 Å². The Labute approximate surface area is 135 Å². The van der Waals surface area contributed by atoms with Crippen molar-refractivity contribution in [2.24, 2.45) is 0 Å². The fourth-order valence-corrected chi connectivity index (χ4v) is 2.72. The van der Waals surface area contributed by atoms with E-state index in [1.807, 2.05) is 42.7 Å². The van der Waals surface area contributed by atoms with Crippen molar-refractivity contribution in [1.82, 2.24) is 9.55 Å². The summed E-state index contributed by atoms with van der Waals surface area (Å²) in [6.07, 6.45) is 7.69. The molecule has 2 heterocycles. The second-order valence-electron chi connectivity index (χ2n) is 5.50. The third-order valence-electron chi connectivity index (χ3n) is 3.86. The monoisotopic (exact) mass is 305 g/mol. The first-order chi connectivity index (χ1) is 11.2. The predicted molar refractivity (Wildman–Crippen MR) is 91.2 cm³/mol. The fraction of sp³-hybridized carbons (Fsp3) is 0.158. The molecule has 0 saturated carbocycles. The number of benzene rings is 1. The zero-order chi connectivity index (χ0) is 16.1. The van der Waals surface area contributed by atoms with E-state index < -0.39 is 0 Å². The number of rotatable bonds is 5. The lowest BCUT2D eigenvalue weighted by atomic mass is 9.98. The molecule has 0 bridgehead atoms. The number of aromatic nitrogens is 2. The van der Waals surface area contributed by atoms with Crippen molar-refractivity contribution in [2.45, 2.75) is 19.4 Å². The van der Waals surface area contributed by atoms with E-state index in [2.05, 4.69) is 33.9 Å². The summed E-state index contributed by atoms with van der Waals surface area (Å²) in [4.78, 5) is 16.5. The van der Waals surface area contributed by atoms with Crippen molar-refractivity contribution in [3.05, 3.63) is 84.4 Å². The average Bonchev–Trinajstić information content (AvgIpc) is 3.09. The van der Waals surface area contributed by atoms with Gasteiger partial charge >= 0.3 is 0 Å². The van der Waals surface area contributed by atoms with E-state index >= 15 is 0 Å². The van der Waals surface area contributed by atoms with Gasteiger partial charge in [-0.2, -0.15) is 0 Å². The van der Waals surface area contributed by atoms with Gasteiger partial charge in [-0.15, -0.1) is 0 Å². The summed E-state index contributed by atoms with van der Waals surface area (Å²) in [5, 5.41) is 2.91. The Morgan fingerprint density at radius 3 is 2.61 bits per heavy atom. The molecule has 116 valence electrons. The number of nitrogens with zero attached hydrogens (tertiary/aromatic N) is 2. The molecule has 2 aromatic heterocycles. The van der Waals surface area contributed by atoms with Crippen LogP contribution >= 0.6 is 0 Å². The number of pyridine rings is 1. The van der Waals surface area contributed by atoms with Crippen LogP contribution in [0.25, 0.3) is 0 Å². The minimum absolute atomic E-state index is 0.0251. The van der Waals surface area contributed by atoms with Crippen LogP contribution in [0.15, 0.2) is 73.3 Å².